The van der Waals surface area contributed by atoms with Crippen LogP contribution in [0.2, 0.25) is 0 Å². The van der Waals surface area contributed by atoms with E-state index in [1.54, 1.807) is 17.8 Å². The summed E-state index contributed by atoms with van der Waals surface area (Å²) in [6.45, 7) is 5.93. The molecule has 2 aliphatic rings. The summed E-state index contributed by atoms with van der Waals surface area (Å²) in [5.41, 5.74) is 0.481. The largest absolute Gasteiger partial charge is 0.480 e. The number of hydrogen-bond acceptors (Lipinski definition) is 6. The highest BCUT2D eigenvalue weighted by Crippen LogP contribution is 2.26. The van der Waals surface area contributed by atoms with E-state index in [-0.39, 0.29) is 29.9 Å². The van der Waals surface area contributed by atoms with Crippen molar-refractivity contribution in [2.24, 2.45) is 5.92 Å². The van der Waals surface area contributed by atoms with Crippen molar-refractivity contribution in [3.05, 3.63) is 11.9 Å². The Morgan fingerprint density at radius 1 is 1.36 bits per heavy atom. The highest BCUT2D eigenvalue weighted by Gasteiger charge is 2.39. The van der Waals surface area contributed by atoms with E-state index in [9.17, 15) is 13.2 Å². The normalized spacial score (nSPS) is 25.7. The van der Waals surface area contributed by atoms with E-state index in [2.05, 4.69) is 5.10 Å². The standard InChI is InChI=1S/C15H24N4O5S/c1-3-18-7-14(11(2)16-18)25(22,23)19-5-12-4-17(8-15(20)21)13(6-19)10-24-9-12/h7,12-13H,3-6,8-10H2,1-2H3,(H,20,21)/t12-,13+/m1/s1. The van der Waals surface area contributed by atoms with E-state index in [0.29, 0.717) is 38.5 Å². The minimum atomic E-state index is -3.68. The summed E-state index contributed by atoms with van der Waals surface area (Å²) >= 11 is 0. The minimum absolute atomic E-state index is 0.0526. The smallest absolute Gasteiger partial charge is 0.317 e. The number of aromatic nitrogens is 2. The number of carboxylic acids is 1. The zero-order valence-corrected chi connectivity index (χ0v) is 15.3. The van der Waals surface area contributed by atoms with Gasteiger partial charge in [0.15, 0.2) is 0 Å². The maximum absolute atomic E-state index is 13.1. The highest BCUT2D eigenvalue weighted by atomic mass is 32.2. The van der Waals surface area contributed by atoms with Crippen molar-refractivity contribution in [2.75, 3.05) is 39.4 Å². The maximum atomic E-state index is 13.1. The molecule has 1 aromatic heterocycles. The Labute approximate surface area is 147 Å². The second-order valence-corrected chi connectivity index (χ2v) is 8.54. The van der Waals surface area contributed by atoms with E-state index in [0.717, 1.165) is 0 Å². The molecule has 0 aliphatic carbocycles. The van der Waals surface area contributed by atoms with Crippen molar-refractivity contribution in [1.82, 2.24) is 19.0 Å². The molecule has 1 N–H and O–H groups in total. The number of aryl methyl sites for hydroxylation is 2. The molecule has 0 radical (unpaired) electrons. The van der Waals surface area contributed by atoms with Crippen molar-refractivity contribution >= 4 is 16.0 Å². The van der Waals surface area contributed by atoms with Crippen LogP contribution in [0.4, 0.5) is 0 Å². The molecule has 2 bridgehead atoms. The second-order valence-electron chi connectivity index (χ2n) is 6.64. The van der Waals surface area contributed by atoms with Gasteiger partial charge in [0.25, 0.3) is 0 Å². The summed E-state index contributed by atoms with van der Waals surface area (Å²) in [7, 11) is -3.68. The van der Waals surface area contributed by atoms with Crippen LogP contribution in [0, 0.1) is 12.8 Å². The molecule has 0 spiro atoms. The third kappa shape index (κ3) is 3.71. The number of carboxylic acid groups (broad SMARTS) is 1. The minimum Gasteiger partial charge on any atom is -0.480 e. The van der Waals surface area contributed by atoms with Crippen LogP contribution in [0.25, 0.3) is 0 Å². The van der Waals surface area contributed by atoms with E-state index < -0.39 is 16.0 Å². The monoisotopic (exact) mass is 372 g/mol. The van der Waals surface area contributed by atoms with Crippen LogP contribution in [0.1, 0.15) is 12.6 Å². The molecule has 25 heavy (non-hydrogen) atoms. The lowest BCUT2D eigenvalue weighted by Crippen LogP contribution is -2.47. The molecule has 0 amide bonds. The van der Waals surface area contributed by atoms with E-state index in [4.69, 9.17) is 9.84 Å². The average molecular weight is 372 g/mol. The Balaban J connectivity index is 1.89. The summed E-state index contributed by atoms with van der Waals surface area (Å²) in [5.74, 6) is -0.967. The molecule has 140 valence electrons. The molecule has 2 saturated heterocycles. The van der Waals surface area contributed by atoms with Crippen LogP contribution in [-0.4, -0.2) is 83.9 Å². The quantitative estimate of drug-likeness (QED) is 0.751. The Morgan fingerprint density at radius 3 is 2.76 bits per heavy atom. The Morgan fingerprint density at radius 2 is 2.12 bits per heavy atom. The molecule has 0 unspecified atom stereocenters. The van der Waals surface area contributed by atoms with E-state index in [1.807, 2.05) is 11.8 Å². The highest BCUT2D eigenvalue weighted by molar-refractivity contribution is 7.89. The first-order valence-electron chi connectivity index (χ1n) is 8.39. The first-order valence-corrected chi connectivity index (χ1v) is 9.83. The lowest BCUT2D eigenvalue weighted by Gasteiger charge is -2.29. The molecule has 2 aliphatic heterocycles. The Kier molecular flexibility index (Phi) is 5.14. The lowest BCUT2D eigenvalue weighted by atomic mass is 10.1. The fourth-order valence-corrected chi connectivity index (χ4v) is 5.23. The van der Waals surface area contributed by atoms with Gasteiger partial charge in [-0.1, -0.05) is 0 Å². The average Bonchev–Trinajstić information content (AvgIpc) is 2.69. The fourth-order valence-electron chi connectivity index (χ4n) is 3.50. The van der Waals surface area contributed by atoms with Gasteiger partial charge in [-0.25, -0.2) is 8.42 Å². The Hall–Kier alpha value is -1.49. The van der Waals surface area contributed by atoms with Gasteiger partial charge in [-0.05, 0) is 13.8 Å². The predicted octanol–water partition coefficient (Wildman–Crippen LogP) is -0.383. The Bertz CT molecular complexity index is 747. The van der Waals surface area contributed by atoms with Crippen molar-refractivity contribution in [3.63, 3.8) is 0 Å². The number of sulfonamides is 1. The third-order valence-corrected chi connectivity index (χ3v) is 6.67. The SMILES string of the molecule is CCn1cc(S(=O)(=O)N2C[C@@H]3COC[C@H](C2)N(CC(=O)O)C3)c(C)n1. The van der Waals surface area contributed by atoms with Crippen LogP contribution in [0.15, 0.2) is 11.1 Å². The van der Waals surface area contributed by atoms with Crippen LogP contribution < -0.4 is 0 Å². The van der Waals surface area contributed by atoms with Gasteiger partial charge in [-0.3, -0.25) is 14.4 Å². The van der Waals surface area contributed by atoms with Crippen LogP contribution in [-0.2, 0) is 26.1 Å². The molecule has 3 heterocycles. The summed E-state index contributed by atoms with van der Waals surface area (Å²) in [6.07, 6.45) is 1.57. The summed E-state index contributed by atoms with van der Waals surface area (Å²) in [4.78, 5) is 13.2. The first-order chi connectivity index (χ1) is 11.8. The van der Waals surface area contributed by atoms with Crippen LogP contribution in [0.3, 0.4) is 0 Å². The summed E-state index contributed by atoms with van der Waals surface area (Å²) < 4.78 is 35.0. The number of hydrogen-bond donors (Lipinski definition) is 1. The van der Waals surface area contributed by atoms with Gasteiger partial charge in [0, 0.05) is 44.3 Å². The fraction of sp³-hybridized carbons (Fsp3) is 0.733. The van der Waals surface area contributed by atoms with Gasteiger partial charge in [0.05, 0.1) is 25.5 Å². The summed E-state index contributed by atoms with van der Waals surface area (Å²) in [6, 6.07) is -0.264. The molecular weight excluding hydrogens is 348 g/mol. The van der Waals surface area contributed by atoms with E-state index >= 15 is 0 Å². The van der Waals surface area contributed by atoms with Crippen molar-refractivity contribution < 1.29 is 23.1 Å². The van der Waals surface area contributed by atoms with Crippen LogP contribution >= 0.6 is 0 Å². The molecule has 3 rings (SSSR count). The molecule has 0 saturated carbocycles. The number of fused-ring (bicyclic) bond motifs is 3. The molecule has 10 heteroatoms. The second kappa shape index (κ2) is 7.02. The number of nitrogens with zero attached hydrogens (tertiary/aromatic N) is 4. The number of aliphatic carboxylic acids is 1. The predicted molar refractivity (Wildman–Crippen MR) is 88.7 cm³/mol. The summed E-state index contributed by atoms with van der Waals surface area (Å²) in [5, 5.41) is 13.4. The molecule has 0 aromatic carbocycles. The zero-order valence-electron chi connectivity index (χ0n) is 14.5. The third-order valence-electron chi connectivity index (χ3n) is 4.73. The molecule has 2 fully saturated rings. The van der Waals surface area contributed by atoms with E-state index in [1.165, 1.54) is 4.31 Å². The van der Waals surface area contributed by atoms with Crippen molar-refractivity contribution in [1.29, 1.82) is 0 Å². The molecule has 9 nitrogen and oxygen atoms in total. The van der Waals surface area contributed by atoms with Gasteiger partial charge < -0.3 is 9.84 Å². The van der Waals surface area contributed by atoms with Crippen LogP contribution in [0.5, 0.6) is 0 Å². The van der Waals surface area contributed by atoms with Gasteiger partial charge in [-0.2, -0.15) is 9.40 Å². The number of ether oxygens (including phenoxy) is 1. The number of rotatable bonds is 5. The first kappa shape index (κ1) is 18.3. The topological polar surface area (TPSA) is 105 Å². The van der Waals surface area contributed by atoms with Crippen molar-refractivity contribution in [3.8, 4) is 0 Å². The van der Waals surface area contributed by atoms with Gasteiger partial charge >= 0.3 is 5.97 Å². The molecule has 2 atom stereocenters. The number of carbonyl (C=O) groups is 1. The maximum Gasteiger partial charge on any atom is 0.317 e. The van der Waals surface area contributed by atoms with Gasteiger partial charge in [-0.15, -0.1) is 0 Å². The van der Waals surface area contributed by atoms with Crippen molar-refractivity contribution in [2.45, 2.75) is 31.3 Å². The lowest BCUT2D eigenvalue weighted by molar-refractivity contribution is -0.139. The zero-order chi connectivity index (χ0) is 18.2. The van der Waals surface area contributed by atoms with Gasteiger partial charge in [0.1, 0.15) is 4.90 Å². The molecule has 1 aromatic rings. The van der Waals surface area contributed by atoms with Gasteiger partial charge in [0.2, 0.25) is 10.0 Å². The molecular formula is C15H24N4O5S.